The number of rotatable bonds is 6. The van der Waals surface area contributed by atoms with E-state index in [1.165, 1.54) is 54.3 Å². The quantitative estimate of drug-likeness (QED) is 0.701. The van der Waals surface area contributed by atoms with E-state index in [9.17, 15) is 18.4 Å². The number of pyridine rings is 1. The SMILES string of the molecule is COc1nc(-c2cc[nH]c(=O)c2)cc(=O)n1-c1ccc(OCC(C)(F)F)cc1. The van der Waals surface area contributed by atoms with Crippen LogP contribution in [0.1, 0.15) is 6.92 Å². The van der Waals surface area contributed by atoms with Crippen molar-refractivity contribution >= 4 is 0 Å². The van der Waals surface area contributed by atoms with Crippen molar-refractivity contribution in [2.24, 2.45) is 0 Å². The van der Waals surface area contributed by atoms with Crippen molar-refractivity contribution in [2.45, 2.75) is 12.8 Å². The van der Waals surface area contributed by atoms with Gasteiger partial charge in [-0.3, -0.25) is 9.59 Å². The highest BCUT2D eigenvalue weighted by molar-refractivity contribution is 5.58. The number of hydrogen-bond acceptors (Lipinski definition) is 5. The van der Waals surface area contributed by atoms with Gasteiger partial charge in [-0.15, -0.1) is 0 Å². The van der Waals surface area contributed by atoms with E-state index in [4.69, 9.17) is 9.47 Å². The number of nitrogens with one attached hydrogen (secondary N) is 1. The minimum Gasteiger partial charge on any atom is -0.487 e. The Bertz CT molecular complexity index is 1090. The molecule has 0 spiro atoms. The highest BCUT2D eigenvalue weighted by Crippen LogP contribution is 2.22. The molecule has 2 aromatic heterocycles. The molecule has 3 rings (SSSR count). The van der Waals surface area contributed by atoms with Crippen LogP contribution in [0.4, 0.5) is 8.78 Å². The van der Waals surface area contributed by atoms with Gasteiger partial charge in [-0.2, -0.15) is 4.98 Å². The largest absolute Gasteiger partial charge is 0.487 e. The molecule has 0 radical (unpaired) electrons. The number of aromatic amines is 1. The summed E-state index contributed by atoms with van der Waals surface area (Å²) in [6, 6.07) is 10.2. The summed E-state index contributed by atoms with van der Waals surface area (Å²) < 4.78 is 37.2. The van der Waals surface area contributed by atoms with Gasteiger partial charge < -0.3 is 14.5 Å². The number of H-pyrrole nitrogens is 1. The lowest BCUT2D eigenvalue weighted by Crippen LogP contribution is -2.22. The van der Waals surface area contributed by atoms with Crippen LogP contribution in [0.2, 0.25) is 0 Å². The van der Waals surface area contributed by atoms with E-state index in [-0.39, 0.29) is 23.0 Å². The number of halogens is 2. The highest BCUT2D eigenvalue weighted by Gasteiger charge is 2.22. The van der Waals surface area contributed by atoms with Crippen LogP contribution >= 0.6 is 0 Å². The second-order valence-corrected chi connectivity index (χ2v) is 6.10. The average Bonchev–Trinajstić information content (AvgIpc) is 2.65. The fourth-order valence-corrected chi connectivity index (χ4v) is 2.49. The van der Waals surface area contributed by atoms with Crippen molar-refractivity contribution in [1.82, 2.24) is 14.5 Å². The van der Waals surface area contributed by atoms with Crippen LogP contribution in [0.25, 0.3) is 16.9 Å². The van der Waals surface area contributed by atoms with Crippen LogP contribution < -0.4 is 20.6 Å². The van der Waals surface area contributed by atoms with Crippen molar-refractivity contribution < 1.29 is 18.3 Å². The highest BCUT2D eigenvalue weighted by atomic mass is 19.3. The topological polar surface area (TPSA) is 86.2 Å². The maximum atomic E-state index is 12.9. The number of benzene rings is 1. The fourth-order valence-electron chi connectivity index (χ4n) is 2.49. The monoisotopic (exact) mass is 389 g/mol. The average molecular weight is 389 g/mol. The minimum absolute atomic E-state index is 0.0107. The summed E-state index contributed by atoms with van der Waals surface area (Å²) in [4.78, 5) is 30.9. The molecule has 3 aromatic rings. The first-order chi connectivity index (χ1) is 13.3. The third-order valence-electron chi connectivity index (χ3n) is 3.73. The molecule has 0 bridgehead atoms. The van der Waals surface area contributed by atoms with E-state index >= 15 is 0 Å². The van der Waals surface area contributed by atoms with Gasteiger partial charge in [-0.05, 0) is 30.3 Å². The van der Waals surface area contributed by atoms with E-state index in [0.717, 1.165) is 6.92 Å². The normalized spacial score (nSPS) is 11.3. The molecule has 0 atom stereocenters. The van der Waals surface area contributed by atoms with Crippen molar-refractivity contribution in [3.63, 3.8) is 0 Å². The lowest BCUT2D eigenvalue weighted by Gasteiger charge is -2.14. The van der Waals surface area contributed by atoms with E-state index in [2.05, 4.69) is 9.97 Å². The Balaban J connectivity index is 1.96. The number of aromatic nitrogens is 3. The van der Waals surface area contributed by atoms with E-state index in [1.54, 1.807) is 6.07 Å². The Hall–Kier alpha value is -3.49. The molecule has 2 heterocycles. The van der Waals surface area contributed by atoms with Gasteiger partial charge >= 0.3 is 6.01 Å². The lowest BCUT2D eigenvalue weighted by atomic mass is 10.2. The van der Waals surface area contributed by atoms with E-state index < -0.39 is 18.1 Å². The molecule has 1 aromatic carbocycles. The second kappa shape index (κ2) is 7.63. The molecule has 0 amide bonds. The number of methoxy groups -OCH3 is 1. The summed E-state index contributed by atoms with van der Waals surface area (Å²) in [5, 5.41) is 0. The van der Waals surface area contributed by atoms with E-state index in [0.29, 0.717) is 11.3 Å². The van der Waals surface area contributed by atoms with Gasteiger partial charge in [0.25, 0.3) is 11.5 Å². The van der Waals surface area contributed by atoms with Crippen LogP contribution in [-0.4, -0.2) is 34.2 Å². The van der Waals surface area contributed by atoms with Gasteiger partial charge in [-0.25, -0.2) is 13.3 Å². The van der Waals surface area contributed by atoms with Crippen molar-refractivity contribution in [3.05, 3.63) is 69.4 Å². The Kier molecular flexibility index (Phi) is 5.25. The molecule has 0 saturated carbocycles. The predicted octanol–water partition coefficient (Wildman–Crippen LogP) is 2.63. The predicted molar refractivity (Wildman–Crippen MR) is 98.6 cm³/mol. The molecular formula is C19H17F2N3O4. The number of alkyl halides is 2. The summed E-state index contributed by atoms with van der Waals surface area (Å²) >= 11 is 0. The van der Waals surface area contributed by atoms with Gasteiger partial charge in [0.2, 0.25) is 5.56 Å². The standard InChI is InChI=1S/C19H17F2N3O4/c1-19(20,21)11-28-14-5-3-13(4-6-14)24-17(26)10-15(23-18(24)27-2)12-7-8-22-16(25)9-12/h3-10H,11H2,1-2H3,(H,22,25). The van der Waals surface area contributed by atoms with Crippen molar-refractivity contribution in [2.75, 3.05) is 13.7 Å². The number of hydrogen-bond donors (Lipinski definition) is 1. The third kappa shape index (κ3) is 4.43. The molecule has 0 unspecified atom stereocenters. The van der Waals surface area contributed by atoms with Gasteiger partial charge in [0, 0.05) is 30.8 Å². The first kappa shape index (κ1) is 19.3. The number of ether oxygens (including phenoxy) is 2. The van der Waals surface area contributed by atoms with E-state index in [1.807, 2.05) is 0 Å². The lowest BCUT2D eigenvalue weighted by molar-refractivity contribution is -0.0229. The van der Waals surface area contributed by atoms with Gasteiger partial charge in [-0.1, -0.05) is 0 Å². The van der Waals surface area contributed by atoms with Gasteiger partial charge in [0.1, 0.15) is 5.75 Å². The maximum Gasteiger partial charge on any atom is 0.304 e. The maximum absolute atomic E-state index is 12.9. The van der Waals surface area contributed by atoms with Crippen LogP contribution in [0.5, 0.6) is 11.8 Å². The Morgan fingerprint density at radius 3 is 2.46 bits per heavy atom. The fraction of sp³-hybridized carbons (Fsp3) is 0.211. The van der Waals surface area contributed by atoms with Crippen LogP contribution in [0, 0.1) is 0 Å². The Labute approximate surface area is 158 Å². The van der Waals surface area contributed by atoms with Crippen molar-refractivity contribution in [3.8, 4) is 28.7 Å². The molecule has 0 aliphatic rings. The zero-order valence-corrected chi connectivity index (χ0v) is 15.1. The van der Waals surface area contributed by atoms with Crippen LogP contribution in [0.3, 0.4) is 0 Å². The second-order valence-electron chi connectivity index (χ2n) is 6.10. The summed E-state index contributed by atoms with van der Waals surface area (Å²) in [5.41, 5.74) is 0.416. The van der Waals surface area contributed by atoms with Gasteiger partial charge in [0.05, 0.1) is 18.5 Å². The first-order valence-electron chi connectivity index (χ1n) is 8.25. The van der Waals surface area contributed by atoms with Gasteiger partial charge in [0.15, 0.2) is 6.61 Å². The molecule has 1 N–H and O–H groups in total. The van der Waals surface area contributed by atoms with Crippen molar-refractivity contribution in [1.29, 1.82) is 0 Å². The zero-order valence-electron chi connectivity index (χ0n) is 15.1. The van der Waals surface area contributed by atoms with Crippen LogP contribution in [0.15, 0.2) is 58.3 Å². The Morgan fingerprint density at radius 2 is 1.86 bits per heavy atom. The summed E-state index contributed by atoms with van der Waals surface area (Å²) in [6.07, 6.45) is 1.45. The molecule has 0 aliphatic carbocycles. The zero-order chi connectivity index (χ0) is 20.3. The Morgan fingerprint density at radius 1 is 1.14 bits per heavy atom. The molecular weight excluding hydrogens is 372 g/mol. The molecule has 0 fully saturated rings. The molecule has 146 valence electrons. The summed E-state index contributed by atoms with van der Waals surface area (Å²) in [7, 11) is 1.36. The smallest absolute Gasteiger partial charge is 0.304 e. The molecule has 0 aliphatic heterocycles. The molecule has 0 saturated heterocycles. The molecule has 9 heteroatoms. The van der Waals surface area contributed by atoms with Crippen LogP contribution in [-0.2, 0) is 0 Å². The molecule has 28 heavy (non-hydrogen) atoms. The first-order valence-corrected chi connectivity index (χ1v) is 8.25. The third-order valence-corrected chi connectivity index (χ3v) is 3.73. The number of nitrogens with zero attached hydrogens (tertiary/aromatic N) is 2. The molecule has 7 nitrogen and oxygen atoms in total. The minimum atomic E-state index is -2.95. The summed E-state index contributed by atoms with van der Waals surface area (Å²) in [6.45, 7) is 0.0155. The summed E-state index contributed by atoms with van der Waals surface area (Å²) in [5.74, 6) is -2.71.